The molecule has 2 aromatic rings. The van der Waals surface area contributed by atoms with Gasteiger partial charge in [0.25, 0.3) is 5.91 Å². The molecule has 24 heavy (non-hydrogen) atoms. The summed E-state index contributed by atoms with van der Waals surface area (Å²) in [6, 6.07) is 13.2. The van der Waals surface area contributed by atoms with Crippen molar-refractivity contribution in [2.24, 2.45) is 0 Å². The van der Waals surface area contributed by atoms with Crippen molar-refractivity contribution in [1.82, 2.24) is 5.32 Å². The van der Waals surface area contributed by atoms with Crippen LogP contribution in [0.2, 0.25) is 0 Å². The molecule has 1 aliphatic heterocycles. The van der Waals surface area contributed by atoms with Crippen LogP contribution in [0.1, 0.15) is 28.8 Å². The second kappa shape index (κ2) is 7.64. The minimum atomic E-state index is -0.623. The highest BCUT2D eigenvalue weighted by molar-refractivity contribution is 5.95. The fourth-order valence-corrected chi connectivity index (χ4v) is 2.96. The summed E-state index contributed by atoms with van der Waals surface area (Å²) in [5, 5.41) is 3.08. The van der Waals surface area contributed by atoms with Crippen LogP contribution in [-0.2, 0) is 10.3 Å². The van der Waals surface area contributed by atoms with E-state index in [0.717, 1.165) is 5.56 Å². The van der Waals surface area contributed by atoms with E-state index in [4.69, 9.17) is 10.5 Å². The quantitative estimate of drug-likeness (QED) is 0.835. The molecule has 0 spiro atoms. The Kier molecular flexibility index (Phi) is 5.80. The molecule has 3 N–H and O–H groups in total. The molecule has 1 heterocycles. The van der Waals surface area contributed by atoms with Crippen molar-refractivity contribution in [2.45, 2.75) is 18.4 Å². The summed E-state index contributed by atoms with van der Waals surface area (Å²) < 4.78 is 19.1. The highest BCUT2D eigenvalue weighted by atomic mass is 35.5. The van der Waals surface area contributed by atoms with Crippen LogP contribution in [0.15, 0.2) is 48.5 Å². The number of carbonyl (C=O) groups excluding carboxylic acids is 1. The van der Waals surface area contributed by atoms with E-state index in [1.165, 1.54) is 12.1 Å². The summed E-state index contributed by atoms with van der Waals surface area (Å²) in [6.45, 7) is 1.04. The number of amides is 1. The van der Waals surface area contributed by atoms with Gasteiger partial charge in [-0.15, -0.1) is 12.4 Å². The lowest BCUT2D eigenvalue weighted by Gasteiger charge is -2.38. The Bertz CT molecular complexity index is 718. The van der Waals surface area contributed by atoms with Crippen molar-refractivity contribution < 1.29 is 13.9 Å². The molecule has 0 atom stereocenters. The van der Waals surface area contributed by atoms with Gasteiger partial charge in [-0.05, 0) is 48.7 Å². The maximum Gasteiger partial charge on any atom is 0.252 e. The molecule has 0 aromatic heterocycles. The van der Waals surface area contributed by atoms with Crippen LogP contribution >= 0.6 is 12.4 Å². The molecule has 0 unspecified atom stereocenters. The van der Waals surface area contributed by atoms with Crippen LogP contribution in [0, 0.1) is 5.82 Å². The standard InChI is InChI=1S/C18H19FN2O2.ClH/c19-15-5-2-4-14(12-15)18(7-9-23-10-8-18)21-17(22)13-3-1-6-16(20)11-13;/h1-6,11-12H,7-10,20H2,(H,21,22);1H. The van der Waals surface area contributed by atoms with Crippen molar-refractivity contribution in [1.29, 1.82) is 0 Å². The number of nitrogens with two attached hydrogens (primary N) is 1. The van der Waals surface area contributed by atoms with Gasteiger partial charge in [0, 0.05) is 24.5 Å². The van der Waals surface area contributed by atoms with E-state index in [2.05, 4.69) is 5.32 Å². The predicted octanol–water partition coefficient (Wildman–Crippen LogP) is 3.27. The first-order valence-electron chi connectivity index (χ1n) is 7.61. The molecule has 3 rings (SSSR count). The van der Waals surface area contributed by atoms with Gasteiger partial charge in [0.15, 0.2) is 0 Å². The molecule has 0 bridgehead atoms. The number of hydrogen-bond donors (Lipinski definition) is 2. The third kappa shape index (κ3) is 3.86. The molecule has 4 nitrogen and oxygen atoms in total. The smallest absolute Gasteiger partial charge is 0.252 e. The van der Waals surface area contributed by atoms with E-state index >= 15 is 0 Å². The largest absolute Gasteiger partial charge is 0.399 e. The average Bonchev–Trinajstić information content (AvgIpc) is 2.56. The Hall–Kier alpha value is -2.11. The second-order valence-electron chi connectivity index (χ2n) is 5.78. The molecular weight excluding hydrogens is 331 g/mol. The van der Waals surface area contributed by atoms with E-state index in [-0.39, 0.29) is 24.1 Å². The van der Waals surface area contributed by atoms with E-state index in [9.17, 15) is 9.18 Å². The number of nitrogen functional groups attached to an aromatic ring is 1. The summed E-state index contributed by atoms with van der Waals surface area (Å²) >= 11 is 0. The molecule has 2 aromatic carbocycles. The van der Waals surface area contributed by atoms with E-state index in [0.29, 0.717) is 37.3 Å². The molecule has 0 saturated carbocycles. The normalized spacial score (nSPS) is 16.0. The molecule has 1 amide bonds. The second-order valence-corrected chi connectivity index (χ2v) is 5.78. The summed E-state index contributed by atoms with van der Waals surface area (Å²) in [6.07, 6.45) is 1.20. The zero-order valence-corrected chi connectivity index (χ0v) is 13.9. The monoisotopic (exact) mass is 350 g/mol. The van der Waals surface area contributed by atoms with Gasteiger partial charge in [0.1, 0.15) is 5.82 Å². The number of halogens is 2. The predicted molar refractivity (Wildman–Crippen MR) is 93.7 cm³/mol. The fraction of sp³-hybridized carbons (Fsp3) is 0.278. The third-order valence-electron chi connectivity index (χ3n) is 4.23. The van der Waals surface area contributed by atoms with E-state index < -0.39 is 5.54 Å². The van der Waals surface area contributed by atoms with E-state index in [1.54, 1.807) is 30.3 Å². The van der Waals surface area contributed by atoms with Crippen LogP contribution < -0.4 is 11.1 Å². The number of ether oxygens (including phenoxy) is 1. The minimum Gasteiger partial charge on any atom is -0.399 e. The maximum absolute atomic E-state index is 13.6. The Labute approximate surface area is 146 Å². The van der Waals surface area contributed by atoms with Crippen molar-refractivity contribution in [3.63, 3.8) is 0 Å². The van der Waals surface area contributed by atoms with Gasteiger partial charge in [-0.2, -0.15) is 0 Å². The minimum absolute atomic E-state index is 0. The first-order valence-corrected chi connectivity index (χ1v) is 7.61. The lowest BCUT2D eigenvalue weighted by Crippen LogP contribution is -2.49. The fourth-order valence-electron chi connectivity index (χ4n) is 2.96. The number of hydrogen-bond acceptors (Lipinski definition) is 3. The van der Waals surface area contributed by atoms with Gasteiger partial charge in [0.05, 0.1) is 5.54 Å². The Morgan fingerprint density at radius 3 is 2.50 bits per heavy atom. The van der Waals surface area contributed by atoms with Gasteiger partial charge in [0.2, 0.25) is 0 Å². The summed E-state index contributed by atoms with van der Waals surface area (Å²) in [7, 11) is 0. The van der Waals surface area contributed by atoms with Gasteiger partial charge in [-0.1, -0.05) is 18.2 Å². The van der Waals surface area contributed by atoms with Crippen molar-refractivity contribution in [2.75, 3.05) is 18.9 Å². The van der Waals surface area contributed by atoms with E-state index in [1.807, 2.05) is 6.07 Å². The lowest BCUT2D eigenvalue weighted by molar-refractivity contribution is 0.0344. The number of nitrogens with one attached hydrogen (secondary N) is 1. The van der Waals surface area contributed by atoms with Crippen LogP contribution in [0.25, 0.3) is 0 Å². The van der Waals surface area contributed by atoms with Gasteiger partial charge < -0.3 is 15.8 Å². The Balaban J connectivity index is 0.00000208. The van der Waals surface area contributed by atoms with Crippen molar-refractivity contribution >= 4 is 24.0 Å². The van der Waals surface area contributed by atoms with Gasteiger partial charge in [-0.25, -0.2) is 4.39 Å². The van der Waals surface area contributed by atoms with Crippen molar-refractivity contribution in [3.8, 4) is 0 Å². The molecule has 1 aliphatic rings. The lowest BCUT2D eigenvalue weighted by atomic mass is 9.82. The van der Waals surface area contributed by atoms with Crippen LogP contribution in [0.5, 0.6) is 0 Å². The topological polar surface area (TPSA) is 64.4 Å². The SMILES string of the molecule is Cl.Nc1cccc(C(=O)NC2(c3cccc(F)c3)CCOCC2)c1. The molecule has 1 fully saturated rings. The highest BCUT2D eigenvalue weighted by Crippen LogP contribution is 2.33. The molecule has 0 radical (unpaired) electrons. The summed E-state index contributed by atoms with van der Waals surface area (Å²) in [4.78, 5) is 12.6. The van der Waals surface area contributed by atoms with Gasteiger partial charge >= 0.3 is 0 Å². The number of carbonyl (C=O) groups is 1. The highest BCUT2D eigenvalue weighted by Gasteiger charge is 2.36. The van der Waals surface area contributed by atoms with Crippen LogP contribution in [-0.4, -0.2) is 19.1 Å². The Morgan fingerprint density at radius 1 is 1.12 bits per heavy atom. The molecule has 6 heteroatoms. The number of benzene rings is 2. The molecule has 0 aliphatic carbocycles. The molecular formula is C18H20ClFN2O2. The summed E-state index contributed by atoms with van der Waals surface area (Å²) in [5.74, 6) is -0.532. The first kappa shape index (κ1) is 18.2. The Morgan fingerprint density at radius 2 is 1.83 bits per heavy atom. The zero-order valence-electron chi connectivity index (χ0n) is 13.1. The first-order chi connectivity index (χ1) is 11.1. The summed E-state index contributed by atoms with van der Waals surface area (Å²) in [5.41, 5.74) is 6.91. The number of anilines is 1. The van der Waals surface area contributed by atoms with Crippen LogP contribution in [0.3, 0.4) is 0 Å². The van der Waals surface area contributed by atoms with Crippen molar-refractivity contribution in [3.05, 3.63) is 65.5 Å². The zero-order chi connectivity index (χ0) is 16.3. The molecule has 1 saturated heterocycles. The average molecular weight is 351 g/mol. The molecule has 128 valence electrons. The third-order valence-corrected chi connectivity index (χ3v) is 4.23. The number of rotatable bonds is 3. The van der Waals surface area contributed by atoms with Gasteiger partial charge in [-0.3, -0.25) is 4.79 Å². The van der Waals surface area contributed by atoms with Crippen LogP contribution in [0.4, 0.5) is 10.1 Å². The maximum atomic E-state index is 13.6.